The van der Waals surface area contributed by atoms with Crippen LogP contribution in [0.25, 0.3) is 11.6 Å². The van der Waals surface area contributed by atoms with Crippen LogP contribution in [0.3, 0.4) is 0 Å². The van der Waals surface area contributed by atoms with Gasteiger partial charge < -0.3 is 14.6 Å². The molecule has 4 heteroatoms. The molecule has 23 heavy (non-hydrogen) atoms. The predicted molar refractivity (Wildman–Crippen MR) is 90.7 cm³/mol. The molecule has 2 rings (SSSR count). The molecule has 0 saturated heterocycles. The number of carboxylic acids is 1. The van der Waals surface area contributed by atoms with E-state index in [4.69, 9.17) is 9.47 Å². The lowest BCUT2D eigenvalue weighted by Crippen LogP contribution is -2.07. The highest BCUT2D eigenvalue weighted by Crippen LogP contribution is 2.27. The fourth-order valence-corrected chi connectivity index (χ4v) is 2.18. The Balaban J connectivity index is 2.49. The van der Waals surface area contributed by atoms with Crippen LogP contribution in [0.15, 0.2) is 48.5 Å². The highest BCUT2D eigenvalue weighted by Gasteiger charge is 2.13. The van der Waals surface area contributed by atoms with Gasteiger partial charge in [-0.2, -0.15) is 0 Å². The highest BCUT2D eigenvalue weighted by molar-refractivity contribution is 6.20. The zero-order valence-electron chi connectivity index (χ0n) is 13.4. The minimum Gasteiger partial charge on any atom is -0.497 e. The Labute approximate surface area is 136 Å². The number of aliphatic carboxylic acids is 1. The lowest BCUT2D eigenvalue weighted by atomic mass is 10.0. The van der Waals surface area contributed by atoms with Crippen molar-refractivity contribution in [2.45, 2.75) is 20.0 Å². The van der Waals surface area contributed by atoms with Crippen LogP contribution in [-0.4, -0.2) is 24.3 Å². The van der Waals surface area contributed by atoms with Crippen LogP contribution in [0, 0.1) is 0 Å². The molecule has 0 atom stereocenters. The second kappa shape index (κ2) is 7.49. The maximum absolute atomic E-state index is 11.7. The van der Waals surface area contributed by atoms with Crippen LogP contribution in [0.1, 0.15) is 25.0 Å². The SMILES string of the molecule is COc1cccc(/C(=C/c2ccccc2OC(C)C)C(=O)O)c1. The summed E-state index contributed by atoms with van der Waals surface area (Å²) >= 11 is 0. The molecule has 2 aromatic carbocycles. The monoisotopic (exact) mass is 312 g/mol. The van der Waals surface area contributed by atoms with Crippen molar-refractivity contribution in [3.8, 4) is 11.5 Å². The first-order chi connectivity index (χ1) is 11.0. The van der Waals surface area contributed by atoms with Crippen molar-refractivity contribution >= 4 is 17.6 Å². The third kappa shape index (κ3) is 4.36. The summed E-state index contributed by atoms with van der Waals surface area (Å²) in [6.45, 7) is 3.86. The fourth-order valence-electron chi connectivity index (χ4n) is 2.18. The smallest absolute Gasteiger partial charge is 0.336 e. The van der Waals surface area contributed by atoms with Crippen LogP contribution in [0.5, 0.6) is 11.5 Å². The van der Waals surface area contributed by atoms with E-state index < -0.39 is 5.97 Å². The first-order valence-electron chi connectivity index (χ1n) is 7.36. The number of hydrogen-bond donors (Lipinski definition) is 1. The van der Waals surface area contributed by atoms with Crippen LogP contribution >= 0.6 is 0 Å². The molecule has 0 fully saturated rings. The van der Waals surface area contributed by atoms with Crippen LogP contribution < -0.4 is 9.47 Å². The minimum absolute atomic E-state index is 0.00893. The number of carboxylic acid groups (broad SMARTS) is 1. The molecule has 2 aromatic rings. The molecule has 0 heterocycles. The normalized spacial score (nSPS) is 11.4. The summed E-state index contributed by atoms with van der Waals surface area (Å²) in [4.78, 5) is 11.7. The average Bonchev–Trinajstić information content (AvgIpc) is 2.53. The minimum atomic E-state index is -1.00. The van der Waals surface area contributed by atoms with E-state index in [1.807, 2.05) is 38.1 Å². The molecule has 0 bridgehead atoms. The predicted octanol–water partition coefficient (Wildman–Crippen LogP) is 4.11. The van der Waals surface area contributed by atoms with Crippen LogP contribution in [0.4, 0.5) is 0 Å². The lowest BCUT2D eigenvalue weighted by molar-refractivity contribution is -0.130. The highest BCUT2D eigenvalue weighted by atomic mass is 16.5. The number of rotatable bonds is 6. The van der Waals surface area contributed by atoms with Crippen molar-refractivity contribution in [1.82, 2.24) is 0 Å². The van der Waals surface area contributed by atoms with E-state index >= 15 is 0 Å². The molecule has 0 radical (unpaired) electrons. The standard InChI is InChI=1S/C19H20O4/c1-13(2)23-18-10-5-4-7-15(18)12-17(19(20)21)14-8-6-9-16(11-14)22-3/h4-13H,1-3H3,(H,20,21)/b17-12-. The van der Waals surface area contributed by atoms with Crippen LogP contribution in [0.2, 0.25) is 0 Å². The molecule has 0 aliphatic rings. The quantitative estimate of drug-likeness (QED) is 0.644. The van der Waals surface area contributed by atoms with Crippen molar-refractivity contribution in [2.75, 3.05) is 7.11 Å². The van der Waals surface area contributed by atoms with Gasteiger partial charge in [0.05, 0.1) is 18.8 Å². The van der Waals surface area contributed by atoms with Gasteiger partial charge in [-0.1, -0.05) is 30.3 Å². The third-order valence-electron chi connectivity index (χ3n) is 3.19. The molecule has 0 aliphatic carbocycles. The van der Waals surface area contributed by atoms with E-state index in [-0.39, 0.29) is 11.7 Å². The molecule has 4 nitrogen and oxygen atoms in total. The van der Waals surface area contributed by atoms with E-state index in [1.165, 1.54) is 0 Å². The summed E-state index contributed by atoms with van der Waals surface area (Å²) in [6, 6.07) is 14.4. The van der Waals surface area contributed by atoms with Crippen molar-refractivity contribution < 1.29 is 19.4 Å². The summed E-state index contributed by atoms with van der Waals surface area (Å²) in [5.74, 6) is 0.267. The van der Waals surface area contributed by atoms with Gasteiger partial charge >= 0.3 is 5.97 Å². The van der Waals surface area contributed by atoms with E-state index in [0.29, 0.717) is 17.1 Å². The van der Waals surface area contributed by atoms with Crippen molar-refractivity contribution in [3.05, 3.63) is 59.7 Å². The number of benzene rings is 2. The van der Waals surface area contributed by atoms with Crippen molar-refractivity contribution in [1.29, 1.82) is 0 Å². The third-order valence-corrected chi connectivity index (χ3v) is 3.19. The number of para-hydroxylation sites is 1. The zero-order chi connectivity index (χ0) is 16.8. The molecule has 1 N–H and O–H groups in total. The summed E-state index contributed by atoms with van der Waals surface area (Å²) in [5, 5.41) is 9.57. The van der Waals surface area contributed by atoms with Gasteiger partial charge in [0.25, 0.3) is 0 Å². The Kier molecular flexibility index (Phi) is 5.41. The largest absolute Gasteiger partial charge is 0.497 e. The Morgan fingerprint density at radius 3 is 2.52 bits per heavy atom. The molecule has 0 spiro atoms. The maximum atomic E-state index is 11.7. The second-order valence-corrected chi connectivity index (χ2v) is 5.30. The number of methoxy groups -OCH3 is 1. The summed E-state index contributed by atoms with van der Waals surface area (Å²) in [5.41, 5.74) is 1.49. The van der Waals surface area contributed by atoms with Gasteiger partial charge in [-0.3, -0.25) is 0 Å². The van der Waals surface area contributed by atoms with Gasteiger partial charge in [0.15, 0.2) is 0 Å². The number of carbonyl (C=O) groups is 1. The summed E-state index contributed by atoms with van der Waals surface area (Å²) < 4.78 is 10.9. The van der Waals surface area contributed by atoms with Gasteiger partial charge in [-0.05, 0) is 43.7 Å². The molecule has 0 unspecified atom stereocenters. The maximum Gasteiger partial charge on any atom is 0.336 e. The topological polar surface area (TPSA) is 55.8 Å². The second-order valence-electron chi connectivity index (χ2n) is 5.30. The molecule has 0 saturated carbocycles. The number of ether oxygens (including phenoxy) is 2. The molecule has 0 aromatic heterocycles. The van der Waals surface area contributed by atoms with E-state index in [0.717, 1.165) is 5.56 Å². The van der Waals surface area contributed by atoms with E-state index in [2.05, 4.69) is 0 Å². The average molecular weight is 312 g/mol. The molecule has 0 amide bonds. The fraction of sp³-hybridized carbons (Fsp3) is 0.211. The summed E-state index contributed by atoms with van der Waals surface area (Å²) in [7, 11) is 1.55. The summed E-state index contributed by atoms with van der Waals surface area (Å²) in [6.07, 6.45) is 1.63. The van der Waals surface area contributed by atoms with Crippen molar-refractivity contribution in [3.63, 3.8) is 0 Å². The van der Waals surface area contributed by atoms with Crippen LogP contribution in [-0.2, 0) is 4.79 Å². The molecule has 0 aliphatic heterocycles. The van der Waals surface area contributed by atoms with Gasteiger partial charge in [-0.25, -0.2) is 4.79 Å². The lowest BCUT2D eigenvalue weighted by Gasteiger charge is -2.13. The Morgan fingerprint density at radius 1 is 1.13 bits per heavy atom. The Hall–Kier alpha value is -2.75. The van der Waals surface area contributed by atoms with E-state index in [1.54, 1.807) is 37.5 Å². The van der Waals surface area contributed by atoms with Gasteiger partial charge in [-0.15, -0.1) is 0 Å². The first-order valence-corrected chi connectivity index (χ1v) is 7.36. The van der Waals surface area contributed by atoms with Gasteiger partial charge in [0.2, 0.25) is 0 Å². The molecule has 120 valence electrons. The van der Waals surface area contributed by atoms with E-state index in [9.17, 15) is 9.90 Å². The van der Waals surface area contributed by atoms with Gasteiger partial charge in [0, 0.05) is 5.56 Å². The molecular weight excluding hydrogens is 292 g/mol. The number of hydrogen-bond acceptors (Lipinski definition) is 3. The molecular formula is C19H20O4. The Bertz CT molecular complexity index is 717. The van der Waals surface area contributed by atoms with Gasteiger partial charge in [0.1, 0.15) is 11.5 Å². The Morgan fingerprint density at radius 2 is 1.87 bits per heavy atom. The zero-order valence-corrected chi connectivity index (χ0v) is 13.4. The first kappa shape index (κ1) is 16.6. The van der Waals surface area contributed by atoms with Crippen molar-refractivity contribution in [2.24, 2.45) is 0 Å².